The predicted molar refractivity (Wildman–Crippen MR) is 84.3 cm³/mol. The van der Waals surface area contributed by atoms with E-state index in [0.29, 0.717) is 17.1 Å². The topological polar surface area (TPSA) is 61.0 Å². The first-order chi connectivity index (χ1) is 11.6. The number of nitrogens with zero attached hydrogens (tertiary/aromatic N) is 3. The van der Waals surface area contributed by atoms with E-state index in [4.69, 9.17) is 9.26 Å². The maximum Gasteiger partial charge on any atom is 0.425 e. The molecule has 1 atom stereocenters. The van der Waals surface area contributed by atoms with Gasteiger partial charge in [0.1, 0.15) is 11.4 Å². The van der Waals surface area contributed by atoms with Crippen molar-refractivity contribution in [1.82, 2.24) is 15.1 Å². The molecule has 136 valence electrons. The minimum Gasteiger partial charge on any atom is -0.481 e. The van der Waals surface area contributed by atoms with Gasteiger partial charge < -0.3 is 9.26 Å². The van der Waals surface area contributed by atoms with Gasteiger partial charge in [-0.1, -0.05) is 25.9 Å². The highest BCUT2D eigenvalue weighted by molar-refractivity contribution is 5.53. The van der Waals surface area contributed by atoms with Gasteiger partial charge in [0, 0.05) is 23.2 Å². The number of halogens is 3. The van der Waals surface area contributed by atoms with Gasteiger partial charge in [0.2, 0.25) is 0 Å². The molecule has 5 nitrogen and oxygen atoms in total. The highest BCUT2D eigenvalue weighted by Crippen LogP contribution is 2.45. The molecule has 2 aromatic heterocycles. The maximum atomic E-state index is 12.9. The molecule has 3 rings (SSSR count). The van der Waals surface area contributed by atoms with Gasteiger partial charge in [-0.25, -0.2) is 0 Å². The zero-order chi connectivity index (χ0) is 18.4. The van der Waals surface area contributed by atoms with Crippen LogP contribution in [0.15, 0.2) is 16.8 Å². The number of hydrogen-bond donors (Lipinski definition) is 0. The Bertz CT molecular complexity index is 761. The Hall–Kier alpha value is -2.12. The van der Waals surface area contributed by atoms with Crippen LogP contribution in [0.25, 0.3) is 11.6 Å². The lowest BCUT2D eigenvalue weighted by Gasteiger charge is -2.19. The van der Waals surface area contributed by atoms with Crippen LogP contribution in [0.4, 0.5) is 13.2 Å². The molecule has 8 heteroatoms. The van der Waals surface area contributed by atoms with Crippen LogP contribution in [-0.4, -0.2) is 27.4 Å². The van der Waals surface area contributed by atoms with Crippen molar-refractivity contribution < 1.29 is 22.4 Å². The second-order valence-electron chi connectivity index (χ2n) is 7.36. The Balaban J connectivity index is 1.94. The molecule has 1 aliphatic rings. The van der Waals surface area contributed by atoms with Crippen molar-refractivity contribution in [1.29, 1.82) is 0 Å². The summed E-state index contributed by atoms with van der Waals surface area (Å²) in [5.74, 6) is 1.04. The van der Waals surface area contributed by atoms with Crippen molar-refractivity contribution in [2.75, 3.05) is 0 Å². The molecule has 0 aromatic carbocycles. The molecule has 2 heterocycles. The van der Waals surface area contributed by atoms with Crippen molar-refractivity contribution in [2.24, 2.45) is 0 Å². The van der Waals surface area contributed by atoms with Gasteiger partial charge in [-0.2, -0.15) is 18.2 Å². The van der Waals surface area contributed by atoms with Crippen LogP contribution in [0.2, 0.25) is 0 Å². The first kappa shape index (κ1) is 17.7. The quantitative estimate of drug-likeness (QED) is 0.800. The van der Waals surface area contributed by atoms with Gasteiger partial charge in [-0.15, -0.1) is 0 Å². The lowest BCUT2D eigenvalue weighted by Crippen LogP contribution is -2.31. The van der Waals surface area contributed by atoms with Gasteiger partial charge in [0.15, 0.2) is 11.9 Å². The smallest absolute Gasteiger partial charge is 0.425 e. The first-order valence-corrected chi connectivity index (χ1v) is 8.13. The van der Waals surface area contributed by atoms with Crippen molar-refractivity contribution in [3.63, 3.8) is 0 Å². The van der Waals surface area contributed by atoms with E-state index >= 15 is 0 Å². The lowest BCUT2D eigenvalue weighted by molar-refractivity contribution is -0.189. The second kappa shape index (κ2) is 6.00. The molecule has 0 bridgehead atoms. The number of pyridine rings is 1. The molecule has 0 amide bonds. The Morgan fingerprint density at radius 3 is 2.44 bits per heavy atom. The summed E-state index contributed by atoms with van der Waals surface area (Å²) in [5.41, 5.74) is 0.687. The number of aromatic nitrogens is 3. The van der Waals surface area contributed by atoms with Gasteiger partial charge in [-0.05, 0) is 25.7 Å². The van der Waals surface area contributed by atoms with Gasteiger partial charge in [-0.3, -0.25) is 4.98 Å². The van der Waals surface area contributed by atoms with Gasteiger partial charge >= 0.3 is 6.18 Å². The van der Waals surface area contributed by atoms with Crippen LogP contribution in [0.1, 0.15) is 57.8 Å². The normalized spacial score (nSPS) is 16.8. The molecule has 25 heavy (non-hydrogen) atoms. The molecule has 0 radical (unpaired) electrons. The van der Waals surface area contributed by atoms with Gasteiger partial charge in [0.05, 0.1) is 0 Å². The van der Waals surface area contributed by atoms with Gasteiger partial charge in [0.25, 0.3) is 5.89 Å². The molecular formula is C17H20F3N3O2. The second-order valence-corrected chi connectivity index (χ2v) is 7.36. The van der Waals surface area contributed by atoms with E-state index in [2.05, 4.69) is 15.1 Å². The number of hydrogen-bond acceptors (Lipinski definition) is 5. The fourth-order valence-electron chi connectivity index (χ4n) is 2.26. The third-order valence-corrected chi connectivity index (χ3v) is 3.99. The molecule has 0 N–H and O–H groups in total. The van der Waals surface area contributed by atoms with Crippen LogP contribution >= 0.6 is 0 Å². The molecule has 2 aromatic rings. The predicted octanol–water partition coefficient (Wildman–Crippen LogP) is 4.64. The summed E-state index contributed by atoms with van der Waals surface area (Å²) in [5, 5.41) is 3.92. The van der Waals surface area contributed by atoms with E-state index in [1.165, 1.54) is 6.07 Å². The van der Waals surface area contributed by atoms with Crippen LogP contribution in [0, 0.1) is 0 Å². The standard InChI is InChI=1S/C17H20F3N3O2/c1-9(17(18,19)20)24-13-7-12(21-8-11(13)10-5-6-10)14-22-15(23-25-14)16(2,3)4/h7-10H,5-6H2,1-4H3. The molecule has 0 spiro atoms. The Morgan fingerprint density at radius 2 is 1.92 bits per heavy atom. The zero-order valence-corrected chi connectivity index (χ0v) is 14.5. The van der Waals surface area contributed by atoms with E-state index in [-0.39, 0.29) is 23.0 Å². The van der Waals surface area contributed by atoms with E-state index in [9.17, 15) is 13.2 Å². The third-order valence-electron chi connectivity index (χ3n) is 3.99. The average Bonchev–Trinajstić information content (AvgIpc) is 3.20. The zero-order valence-electron chi connectivity index (χ0n) is 14.5. The van der Waals surface area contributed by atoms with Crippen molar-refractivity contribution in [3.05, 3.63) is 23.7 Å². The fourth-order valence-corrected chi connectivity index (χ4v) is 2.26. The van der Waals surface area contributed by atoms with Crippen LogP contribution in [0.3, 0.4) is 0 Å². The first-order valence-electron chi connectivity index (χ1n) is 8.13. The van der Waals surface area contributed by atoms with Crippen molar-refractivity contribution in [3.8, 4) is 17.3 Å². The number of alkyl halides is 3. The molecule has 0 saturated heterocycles. The fraction of sp³-hybridized carbons (Fsp3) is 0.588. The lowest BCUT2D eigenvalue weighted by atomic mass is 9.96. The summed E-state index contributed by atoms with van der Waals surface area (Å²) in [7, 11) is 0. The molecule has 1 unspecified atom stereocenters. The third kappa shape index (κ3) is 3.93. The highest BCUT2D eigenvalue weighted by atomic mass is 19.4. The summed E-state index contributed by atoms with van der Waals surface area (Å²) in [6, 6.07) is 1.45. The minimum atomic E-state index is -4.44. The van der Waals surface area contributed by atoms with E-state index in [1.54, 1.807) is 6.20 Å². The monoisotopic (exact) mass is 355 g/mol. The van der Waals surface area contributed by atoms with E-state index in [1.807, 2.05) is 20.8 Å². The summed E-state index contributed by atoms with van der Waals surface area (Å²) in [6.07, 6.45) is -2.95. The Morgan fingerprint density at radius 1 is 1.24 bits per heavy atom. The molecule has 0 aliphatic heterocycles. The highest BCUT2D eigenvalue weighted by Gasteiger charge is 2.39. The van der Waals surface area contributed by atoms with Crippen molar-refractivity contribution >= 4 is 0 Å². The summed E-state index contributed by atoms with van der Waals surface area (Å²) in [6.45, 7) is 6.79. The Kier molecular flexibility index (Phi) is 4.25. The molecule has 1 fully saturated rings. The summed E-state index contributed by atoms with van der Waals surface area (Å²) in [4.78, 5) is 8.57. The molecule has 1 aliphatic carbocycles. The summed E-state index contributed by atoms with van der Waals surface area (Å²) >= 11 is 0. The average molecular weight is 355 g/mol. The molecule has 1 saturated carbocycles. The summed E-state index contributed by atoms with van der Waals surface area (Å²) < 4.78 is 49.0. The number of ether oxygens (including phenoxy) is 1. The largest absolute Gasteiger partial charge is 0.481 e. The van der Waals surface area contributed by atoms with Crippen molar-refractivity contribution in [2.45, 2.75) is 64.1 Å². The van der Waals surface area contributed by atoms with Crippen LogP contribution in [-0.2, 0) is 5.41 Å². The van der Waals surface area contributed by atoms with Crippen LogP contribution < -0.4 is 4.74 Å². The van der Waals surface area contributed by atoms with Crippen LogP contribution in [0.5, 0.6) is 5.75 Å². The van der Waals surface area contributed by atoms with E-state index < -0.39 is 12.3 Å². The van der Waals surface area contributed by atoms with E-state index in [0.717, 1.165) is 19.8 Å². The maximum absolute atomic E-state index is 12.9. The SMILES string of the molecule is CC(Oc1cc(-c2nc(C(C)(C)C)no2)ncc1C1CC1)C(F)(F)F. The Labute approximate surface area is 143 Å². The number of rotatable bonds is 4. The molecular weight excluding hydrogens is 335 g/mol. The minimum absolute atomic E-state index is 0.164.